The zero-order valence-corrected chi connectivity index (χ0v) is 10.7. The first-order chi connectivity index (χ1) is 8.70. The van der Waals surface area contributed by atoms with Crippen LogP contribution < -0.4 is 11.1 Å². The van der Waals surface area contributed by atoms with Crippen LogP contribution in [0.1, 0.15) is 26.2 Å². The van der Waals surface area contributed by atoms with Crippen molar-refractivity contribution in [3.63, 3.8) is 0 Å². The molecule has 4 nitrogen and oxygen atoms in total. The van der Waals surface area contributed by atoms with E-state index >= 15 is 0 Å². The van der Waals surface area contributed by atoms with E-state index in [0.29, 0.717) is 24.6 Å². The van der Waals surface area contributed by atoms with Crippen LogP contribution in [0.5, 0.6) is 0 Å². The van der Waals surface area contributed by atoms with E-state index in [0.717, 1.165) is 30.7 Å². The van der Waals surface area contributed by atoms with E-state index in [1.807, 2.05) is 18.2 Å². The highest BCUT2D eigenvalue weighted by Gasteiger charge is 2.22. The van der Waals surface area contributed by atoms with Crippen molar-refractivity contribution in [2.45, 2.75) is 32.2 Å². The molecule has 0 saturated carbocycles. The quantitative estimate of drug-likeness (QED) is 0.790. The van der Waals surface area contributed by atoms with Gasteiger partial charge in [-0.1, -0.05) is 19.1 Å². The number of nitrogens with two attached hydrogens (primary N) is 1. The Labute approximate surface area is 108 Å². The molecule has 98 valence electrons. The highest BCUT2D eigenvalue weighted by molar-refractivity contribution is 5.92. The molecule has 1 saturated heterocycles. The first-order valence-electron chi connectivity index (χ1n) is 6.47. The Bertz CT molecular complexity index is 422. The molecule has 1 atom stereocenters. The van der Waals surface area contributed by atoms with Gasteiger partial charge in [-0.3, -0.25) is 4.79 Å². The van der Waals surface area contributed by atoms with Crippen LogP contribution in [0.15, 0.2) is 35.1 Å². The van der Waals surface area contributed by atoms with Crippen LogP contribution in [0.4, 0.5) is 0 Å². The molecular formula is C14H20N2O2. The van der Waals surface area contributed by atoms with E-state index in [4.69, 9.17) is 10.5 Å². The molecule has 1 unspecified atom stereocenters. The molecule has 2 aliphatic rings. The normalized spacial score (nSPS) is 22.9. The minimum absolute atomic E-state index is 0.358. The number of rotatable bonds is 4. The van der Waals surface area contributed by atoms with Crippen molar-refractivity contribution >= 4 is 5.91 Å². The molecule has 0 bridgehead atoms. The van der Waals surface area contributed by atoms with Gasteiger partial charge in [-0.25, -0.2) is 0 Å². The topological polar surface area (TPSA) is 64.3 Å². The molecule has 1 amide bonds. The third-order valence-electron chi connectivity index (χ3n) is 3.22. The fourth-order valence-electron chi connectivity index (χ4n) is 2.18. The second-order valence-corrected chi connectivity index (χ2v) is 4.69. The Balaban J connectivity index is 2.07. The van der Waals surface area contributed by atoms with Gasteiger partial charge in [0.1, 0.15) is 12.4 Å². The number of carbonyl (C=O) groups excluding carboxylic acids is 1. The van der Waals surface area contributed by atoms with Gasteiger partial charge >= 0.3 is 0 Å². The minimum atomic E-state index is -0.358. The smallest absolute Gasteiger partial charge is 0.244 e. The van der Waals surface area contributed by atoms with E-state index in [1.54, 1.807) is 0 Å². The number of hydrogen-bond acceptors (Lipinski definition) is 3. The number of nitrogens with one attached hydrogen (secondary N) is 1. The number of ether oxygens (including phenoxy) is 1. The Hall–Kier alpha value is -1.55. The summed E-state index contributed by atoms with van der Waals surface area (Å²) >= 11 is 0. The van der Waals surface area contributed by atoms with E-state index in [2.05, 4.69) is 12.2 Å². The van der Waals surface area contributed by atoms with Crippen LogP contribution in [-0.4, -0.2) is 25.1 Å². The number of hydrogen-bond donors (Lipinski definition) is 2. The van der Waals surface area contributed by atoms with Crippen LogP contribution in [-0.2, 0) is 9.53 Å². The molecule has 1 fully saturated rings. The standard InChI is InChI=1S/C14H20N2O2/c1-2-7-16-12-8-11-4-3-10(14(15)17)5-6-13(11)18-9-12/h3-4,6,12,16H,2,5,7-9H2,1H3,(H2,15,17). The highest BCUT2D eigenvalue weighted by Crippen LogP contribution is 2.27. The molecule has 0 spiro atoms. The predicted octanol–water partition coefficient (Wildman–Crippen LogP) is 1.40. The van der Waals surface area contributed by atoms with Gasteiger partial charge in [0.25, 0.3) is 0 Å². The van der Waals surface area contributed by atoms with Crippen LogP contribution in [0.2, 0.25) is 0 Å². The average Bonchev–Trinajstić information content (AvgIpc) is 2.58. The number of allylic oxidation sites excluding steroid dienone is 4. The number of amides is 1. The second kappa shape index (κ2) is 5.87. The Kier molecular flexibility index (Phi) is 4.20. The maximum atomic E-state index is 11.2. The largest absolute Gasteiger partial charge is 0.492 e. The van der Waals surface area contributed by atoms with Crippen molar-refractivity contribution in [1.29, 1.82) is 0 Å². The third-order valence-corrected chi connectivity index (χ3v) is 3.22. The zero-order chi connectivity index (χ0) is 13.0. The van der Waals surface area contributed by atoms with E-state index in [1.165, 1.54) is 0 Å². The van der Waals surface area contributed by atoms with Crippen molar-refractivity contribution in [3.05, 3.63) is 35.1 Å². The molecule has 0 aromatic rings. The van der Waals surface area contributed by atoms with E-state index in [-0.39, 0.29) is 5.91 Å². The maximum Gasteiger partial charge on any atom is 0.244 e. The molecule has 1 aliphatic carbocycles. The van der Waals surface area contributed by atoms with Gasteiger partial charge in [0.05, 0.1) is 0 Å². The summed E-state index contributed by atoms with van der Waals surface area (Å²) in [6, 6.07) is 0.358. The van der Waals surface area contributed by atoms with Gasteiger partial charge in [-0.15, -0.1) is 0 Å². The maximum absolute atomic E-state index is 11.2. The average molecular weight is 248 g/mol. The van der Waals surface area contributed by atoms with Gasteiger partial charge in [0.15, 0.2) is 0 Å². The Morgan fingerprint density at radius 2 is 2.39 bits per heavy atom. The summed E-state index contributed by atoms with van der Waals surface area (Å²) in [4.78, 5) is 11.2. The lowest BCUT2D eigenvalue weighted by Gasteiger charge is -2.27. The second-order valence-electron chi connectivity index (χ2n) is 4.69. The summed E-state index contributed by atoms with van der Waals surface area (Å²) < 4.78 is 5.74. The summed E-state index contributed by atoms with van der Waals surface area (Å²) in [5.74, 6) is 0.542. The lowest BCUT2D eigenvalue weighted by Crippen LogP contribution is -2.37. The fraction of sp³-hybridized carbons (Fsp3) is 0.500. The molecule has 0 aromatic carbocycles. The van der Waals surface area contributed by atoms with Crippen LogP contribution >= 0.6 is 0 Å². The summed E-state index contributed by atoms with van der Waals surface area (Å²) in [6.45, 7) is 3.84. The third kappa shape index (κ3) is 3.01. The van der Waals surface area contributed by atoms with E-state index < -0.39 is 0 Å². The molecule has 18 heavy (non-hydrogen) atoms. The van der Waals surface area contributed by atoms with Crippen molar-refractivity contribution in [2.75, 3.05) is 13.2 Å². The van der Waals surface area contributed by atoms with Crippen molar-refractivity contribution in [2.24, 2.45) is 5.73 Å². The molecule has 0 aromatic heterocycles. The molecule has 4 heteroatoms. The minimum Gasteiger partial charge on any atom is -0.492 e. The lowest BCUT2D eigenvalue weighted by atomic mass is 10.0. The van der Waals surface area contributed by atoms with Gasteiger partial charge in [-0.05, 0) is 37.5 Å². The first kappa shape index (κ1) is 12.9. The summed E-state index contributed by atoms with van der Waals surface area (Å²) in [5.41, 5.74) is 7.08. The van der Waals surface area contributed by atoms with Crippen LogP contribution in [0.25, 0.3) is 0 Å². The molecule has 3 N–H and O–H groups in total. The van der Waals surface area contributed by atoms with Gasteiger partial charge in [-0.2, -0.15) is 0 Å². The molecule has 1 aliphatic heterocycles. The number of fused-ring (bicyclic) bond motifs is 1. The molecular weight excluding hydrogens is 228 g/mol. The summed E-state index contributed by atoms with van der Waals surface area (Å²) in [7, 11) is 0. The zero-order valence-electron chi connectivity index (χ0n) is 10.7. The molecule has 2 rings (SSSR count). The highest BCUT2D eigenvalue weighted by atomic mass is 16.5. The van der Waals surface area contributed by atoms with Crippen LogP contribution in [0, 0.1) is 0 Å². The van der Waals surface area contributed by atoms with Crippen molar-refractivity contribution in [3.8, 4) is 0 Å². The van der Waals surface area contributed by atoms with Gasteiger partial charge < -0.3 is 15.8 Å². The summed E-state index contributed by atoms with van der Waals surface area (Å²) in [6.07, 6.45) is 8.33. The Morgan fingerprint density at radius 1 is 1.56 bits per heavy atom. The number of carbonyl (C=O) groups is 1. The van der Waals surface area contributed by atoms with Crippen LogP contribution in [0.3, 0.4) is 0 Å². The molecule has 1 heterocycles. The predicted molar refractivity (Wildman–Crippen MR) is 70.7 cm³/mol. The van der Waals surface area contributed by atoms with Crippen molar-refractivity contribution < 1.29 is 9.53 Å². The summed E-state index contributed by atoms with van der Waals surface area (Å²) in [5, 5.41) is 3.45. The van der Waals surface area contributed by atoms with Crippen molar-refractivity contribution in [1.82, 2.24) is 5.32 Å². The van der Waals surface area contributed by atoms with E-state index in [9.17, 15) is 4.79 Å². The molecule has 0 radical (unpaired) electrons. The fourth-order valence-corrected chi connectivity index (χ4v) is 2.18. The Morgan fingerprint density at radius 3 is 3.11 bits per heavy atom. The first-order valence-corrected chi connectivity index (χ1v) is 6.47. The SMILES string of the molecule is CCCNC1COC2=CCC(C(N)=O)=CC=C2C1. The lowest BCUT2D eigenvalue weighted by molar-refractivity contribution is -0.114. The van der Waals surface area contributed by atoms with Gasteiger partial charge in [0.2, 0.25) is 5.91 Å². The monoisotopic (exact) mass is 248 g/mol. The number of primary amides is 1. The van der Waals surface area contributed by atoms with Gasteiger partial charge in [0, 0.05) is 11.6 Å².